The Labute approximate surface area is 130 Å². The second kappa shape index (κ2) is 7.03. The molecule has 0 saturated carbocycles. The highest BCUT2D eigenvalue weighted by Gasteiger charge is 2.01. The monoisotopic (exact) mass is 295 g/mol. The molecule has 3 aromatic rings. The summed E-state index contributed by atoms with van der Waals surface area (Å²) in [4.78, 5) is 3.20. The van der Waals surface area contributed by atoms with E-state index in [0.29, 0.717) is 6.61 Å². The molecule has 0 bridgehead atoms. The Morgan fingerprint density at radius 2 is 1.86 bits per heavy atom. The molecule has 114 valence electrons. The summed E-state index contributed by atoms with van der Waals surface area (Å²) in [7, 11) is 0. The summed E-state index contributed by atoms with van der Waals surface area (Å²) in [6.45, 7) is 3.47. The Balaban J connectivity index is 1.61. The van der Waals surface area contributed by atoms with Gasteiger partial charge in [0, 0.05) is 17.8 Å². The van der Waals surface area contributed by atoms with Crippen molar-refractivity contribution in [2.75, 3.05) is 6.61 Å². The zero-order valence-corrected chi connectivity index (χ0v) is 12.8. The van der Waals surface area contributed by atoms with Crippen LogP contribution in [0.3, 0.4) is 0 Å². The van der Waals surface area contributed by atoms with Gasteiger partial charge in [-0.1, -0.05) is 25.5 Å². The lowest BCUT2D eigenvalue weighted by molar-refractivity contribution is 0.298. The van der Waals surface area contributed by atoms with Crippen LogP contribution in [-0.4, -0.2) is 11.6 Å². The van der Waals surface area contributed by atoms with Gasteiger partial charge in [0.05, 0.1) is 6.61 Å². The summed E-state index contributed by atoms with van der Waals surface area (Å²) < 4.78 is 11.6. The Kier molecular flexibility index (Phi) is 4.64. The van der Waals surface area contributed by atoms with Crippen molar-refractivity contribution >= 4 is 10.9 Å². The number of hydrogen-bond donors (Lipinski definition) is 1. The van der Waals surface area contributed by atoms with E-state index in [-0.39, 0.29) is 0 Å². The fourth-order valence-electron chi connectivity index (χ4n) is 2.34. The Bertz CT molecular complexity index is 733. The first-order chi connectivity index (χ1) is 10.8. The molecule has 1 heterocycles. The molecule has 0 aliphatic carbocycles. The van der Waals surface area contributed by atoms with Crippen LogP contribution >= 0.6 is 0 Å². The van der Waals surface area contributed by atoms with Gasteiger partial charge in [-0.3, -0.25) is 0 Å². The van der Waals surface area contributed by atoms with E-state index >= 15 is 0 Å². The zero-order chi connectivity index (χ0) is 15.2. The topological polar surface area (TPSA) is 34.2 Å². The summed E-state index contributed by atoms with van der Waals surface area (Å²) in [5.74, 6) is 1.78. The van der Waals surface area contributed by atoms with Crippen molar-refractivity contribution in [2.45, 2.75) is 26.4 Å². The van der Waals surface area contributed by atoms with Gasteiger partial charge in [0.2, 0.25) is 0 Å². The van der Waals surface area contributed by atoms with Gasteiger partial charge in [-0.2, -0.15) is 0 Å². The van der Waals surface area contributed by atoms with Crippen LogP contribution in [0.25, 0.3) is 10.9 Å². The second-order valence-electron chi connectivity index (χ2n) is 5.36. The molecule has 1 aromatic heterocycles. The average molecular weight is 295 g/mol. The zero-order valence-electron chi connectivity index (χ0n) is 12.8. The largest absolute Gasteiger partial charge is 0.494 e. The molecule has 3 nitrogen and oxygen atoms in total. The van der Waals surface area contributed by atoms with E-state index in [1.165, 1.54) is 5.39 Å². The van der Waals surface area contributed by atoms with E-state index in [1.807, 2.05) is 36.5 Å². The predicted octanol–water partition coefficient (Wildman–Crippen LogP) is 4.93. The number of ether oxygens (including phenoxy) is 2. The van der Waals surface area contributed by atoms with Gasteiger partial charge < -0.3 is 14.5 Å². The normalized spacial score (nSPS) is 10.8. The molecule has 3 rings (SSSR count). The number of H-pyrrole nitrogens is 1. The number of aromatic nitrogens is 1. The highest BCUT2D eigenvalue weighted by Crippen LogP contribution is 2.21. The maximum absolute atomic E-state index is 5.87. The van der Waals surface area contributed by atoms with E-state index in [2.05, 4.69) is 30.1 Å². The SMILES string of the molecule is CCCCOc1cccc(COc2ccc3cc[nH]c3c2)c1. The molecule has 0 unspecified atom stereocenters. The molecule has 22 heavy (non-hydrogen) atoms. The first kappa shape index (κ1) is 14.5. The third-order valence-corrected chi connectivity index (χ3v) is 3.60. The minimum absolute atomic E-state index is 0.539. The van der Waals surface area contributed by atoms with Gasteiger partial charge >= 0.3 is 0 Å². The van der Waals surface area contributed by atoms with Gasteiger partial charge in [-0.25, -0.2) is 0 Å². The highest BCUT2D eigenvalue weighted by atomic mass is 16.5. The molecular weight excluding hydrogens is 274 g/mol. The van der Waals surface area contributed by atoms with Gasteiger partial charge in [0.1, 0.15) is 18.1 Å². The predicted molar refractivity (Wildman–Crippen MR) is 89.5 cm³/mol. The molecule has 0 spiro atoms. The minimum atomic E-state index is 0.539. The van der Waals surface area contributed by atoms with E-state index < -0.39 is 0 Å². The molecule has 0 aliphatic rings. The van der Waals surface area contributed by atoms with Crippen LogP contribution in [0.15, 0.2) is 54.7 Å². The molecule has 2 aromatic carbocycles. The van der Waals surface area contributed by atoms with E-state index in [0.717, 1.165) is 42.0 Å². The van der Waals surface area contributed by atoms with Gasteiger partial charge in [0.15, 0.2) is 0 Å². The van der Waals surface area contributed by atoms with Crippen molar-refractivity contribution in [2.24, 2.45) is 0 Å². The number of rotatable bonds is 7. The molecule has 0 radical (unpaired) electrons. The Morgan fingerprint density at radius 1 is 0.955 bits per heavy atom. The number of unbranched alkanes of at least 4 members (excludes halogenated alkanes) is 1. The van der Waals surface area contributed by atoms with E-state index in [4.69, 9.17) is 9.47 Å². The first-order valence-corrected chi connectivity index (χ1v) is 7.77. The summed E-state index contributed by atoms with van der Waals surface area (Å²) in [5, 5.41) is 1.19. The van der Waals surface area contributed by atoms with Crippen molar-refractivity contribution in [1.82, 2.24) is 4.98 Å². The molecule has 1 N–H and O–H groups in total. The van der Waals surface area contributed by atoms with Crippen LogP contribution in [0.5, 0.6) is 11.5 Å². The molecule has 0 amide bonds. The molecule has 0 fully saturated rings. The maximum Gasteiger partial charge on any atom is 0.121 e. The van der Waals surface area contributed by atoms with Crippen LogP contribution in [-0.2, 0) is 6.61 Å². The summed E-state index contributed by atoms with van der Waals surface area (Å²) >= 11 is 0. The van der Waals surface area contributed by atoms with Crippen LogP contribution in [0.2, 0.25) is 0 Å². The standard InChI is InChI=1S/C19H21NO2/c1-2-3-11-21-17-6-4-5-15(12-17)14-22-18-8-7-16-9-10-20-19(16)13-18/h4-10,12-13,20H,2-3,11,14H2,1H3. The fraction of sp³-hybridized carbons (Fsp3) is 0.263. The van der Waals surface area contributed by atoms with Crippen molar-refractivity contribution in [1.29, 1.82) is 0 Å². The molecule has 3 heteroatoms. The van der Waals surface area contributed by atoms with Crippen LogP contribution < -0.4 is 9.47 Å². The van der Waals surface area contributed by atoms with Crippen LogP contribution in [0.4, 0.5) is 0 Å². The molecule has 0 saturated heterocycles. The summed E-state index contributed by atoms with van der Waals surface area (Å²) in [6.07, 6.45) is 4.16. The molecular formula is C19H21NO2. The lowest BCUT2D eigenvalue weighted by Crippen LogP contribution is -1.99. The Hall–Kier alpha value is -2.42. The number of hydrogen-bond acceptors (Lipinski definition) is 2. The number of aromatic amines is 1. The molecule has 0 aliphatic heterocycles. The quantitative estimate of drug-likeness (QED) is 0.627. The van der Waals surface area contributed by atoms with Gasteiger partial charge in [0.25, 0.3) is 0 Å². The minimum Gasteiger partial charge on any atom is -0.494 e. The van der Waals surface area contributed by atoms with Gasteiger partial charge in [-0.05, 0) is 47.7 Å². The Morgan fingerprint density at radius 3 is 2.77 bits per heavy atom. The maximum atomic E-state index is 5.87. The summed E-state index contributed by atoms with van der Waals surface area (Å²) in [5.41, 5.74) is 2.20. The number of benzene rings is 2. The summed E-state index contributed by atoms with van der Waals surface area (Å²) in [6, 6.07) is 16.2. The van der Waals surface area contributed by atoms with Gasteiger partial charge in [-0.15, -0.1) is 0 Å². The third-order valence-electron chi connectivity index (χ3n) is 3.60. The van der Waals surface area contributed by atoms with Crippen molar-refractivity contribution in [3.05, 3.63) is 60.3 Å². The second-order valence-corrected chi connectivity index (χ2v) is 5.36. The average Bonchev–Trinajstić information content (AvgIpc) is 3.01. The lowest BCUT2D eigenvalue weighted by atomic mass is 10.2. The highest BCUT2D eigenvalue weighted by molar-refractivity contribution is 5.80. The molecule has 0 atom stereocenters. The van der Waals surface area contributed by atoms with E-state index in [1.54, 1.807) is 0 Å². The van der Waals surface area contributed by atoms with Crippen molar-refractivity contribution in [3.63, 3.8) is 0 Å². The van der Waals surface area contributed by atoms with Crippen molar-refractivity contribution < 1.29 is 9.47 Å². The fourth-order valence-corrected chi connectivity index (χ4v) is 2.34. The van der Waals surface area contributed by atoms with Crippen molar-refractivity contribution in [3.8, 4) is 11.5 Å². The van der Waals surface area contributed by atoms with E-state index in [9.17, 15) is 0 Å². The first-order valence-electron chi connectivity index (χ1n) is 7.77. The number of fused-ring (bicyclic) bond motifs is 1. The van der Waals surface area contributed by atoms with Crippen LogP contribution in [0, 0.1) is 0 Å². The van der Waals surface area contributed by atoms with Crippen LogP contribution in [0.1, 0.15) is 25.3 Å². The lowest BCUT2D eigenvalue weighted by Gasteiger charge is -2.09. The number of nitrogens with one attached hydrogen (secondary N) is 1. The third kappa shape index (κ3) is 3.61. The smallest absolute Gasteiger partial charge is 0.121 e.